The number of benzene rings is 1. The number of nitrogens with zero attached hydrogens (tertiary/aromatic N) is 2. The second-order valence-electron chi connectivity index (χ2n) is 3.98. The smallest absolute Gasteiger partial charge is 0.264 e. The lowest BCUT2D eigenvalue weighted by Crippen LogP contribution is -2.27. The van der Waals surface area contributed by atoms with E-state index in [-0.39, 0.29) is 20.6 Å². The average molecular weight is 332 g/mol. The first-order valence-electron chi connectivity index (χ1n) is 5.47. The van der Waals surface area contributed by atoms with Crippen molar-refractivity contribution in [2.24, 2.45) is 0 Å². The molecule has 0 saturated heterocycles. The minimum absolute atomic E-state index is 0.0330. The third-order valence-corrected chi connectivity index (χ3v) is 5.22. The SMILES string of the molecule is CN(c1ccncc1N)S(=O)(=O)c1ccc(Cl)c(Cl)c1. The normalized spacial score (nSPS) is 11.3. The van der Waals surface area contributed by atoms with Crippen molar-refractivity contribution in [3.05, 3.63) is 46.7 Å². The third kappa shape index (κ3) is 2.67. The van der Waals surface area contributed by atoms with Gasteiger partial charge in [-0.05, 0) is 24.3 Å². The van der Waals surface area contributed by atoms with E-state index < -0.39 is 10.0 Å². The van der Waals surface area contributed by atoms with Crippen molar-refractivity contribution in [2.45, 2.75) is 4.90 Å². The van der Waals surface area contributed by atoms with E-state index in [0.29, 0.717) is 5.69 Å². The van der Waals surface area contributed by atoms with E-state index in [2.05, 4.69) is 4.98 Å². The van der Waals surface area contributed by atoms with Crippen LogP contribution in [-0.2, 0) is 10.0 Å². The summed E-state index contributed by atoms with van der Waals surface area (Å²) in [6, 6.07) is 5.63. The molecule has 0 aliphatic rings. The lowest BCUT2D eigenvalue weighted by Gasteiger charge is -2.20. The highest BCUT2D eigenvalue weighted by molar-refractivity contribution is 7.92. The zero-order chi connectivity index (χ0) is 14.9. The summed E-state index contributed by atoms with van der Waals surface area (Å²) in [5, 5.41) is 0.459. The van der Waals surface area contributed by atoms with Crippen LogP contribution in [0.2, 0.25) is 10.0 Å². The second-order valence-corrected chi connectivity index (χ2v) is 6.77. The van der Waals surface area contributed by atoms with Gasteiger partial charge in [0.05, 0.1) is 32.5 Å². The first kappa shape index (κ1) is 14.9. The van der Waals surface area contributed by atoms with Crippen molar-refractivity contribution < 1.29 is 8.42 Å². The van der Waals surface area contributed by atoms with E-state index in [1.54, 1.807) is 0 Å². The standard InChI is InChI=1S/C12H11Cl2N3O2S/c1-17(12-4-5-16-7-11(12)15)20(18,19)8-2-3-9(13)10(14)6-8/h2-7H,15H2,1H3. The van der Waals surface area contributed by atoms with Gasteiger partial charge in [0.25, 0.3) is 10.0 Å². The number of rotatable bonds is 3. The fraction of sp³-hybridized carbons (Fsp3) is 0.0833. The molecule has 106 valence electrons. The van der Waals surface area contributed by atoms with Crippen LogP contribution in [0.1, 0.15) is 0 Å². The molecule has 2 rings (SSSR count). The fourth-order valence-corrected chi connectivity index (χ4v) is 3.22. The molecule has 0 radical (unpaired) electrons. The molecule has 0 fully saturated rings. The van der Waals surface area contributed by atoms with Gasteiger partial charge in [-0.25, -0.2) is 8.42 Å². The highest BCUT2D eigenvalue weighted by atomic mass is 35.5. The number of hydrogen-bond donors (Lipinski definition) is 1. The van der Waals surface area contributed by atoms with Crippen LogP contribution in [0.5, 0.6) is 0 Å². The monoisotopic (exact) mass is 331 g/mol. The Labute approximate surface area is 127 Å². The molecule has 5 nitrogen and oxygen atoms in total. The molecule has 0 aliphatic carbocycles. The lowest BCUT2D eigenvalue weighted by atomic mass is 10.3. The molecule has 20 heavy (non-hydrogen) atoms. The maximum atomic E-state index is 12.5. The Hall–Kier alpha value is -1.50. The number of pyridine rings is 1. The van der Waals surface area contributed by atoms with Crippen LogP contribution >= 0.6 is 23.2 Å². The Morgan fingerprint density at radius 1 is 1.20 bits per heavy atom. The van der Waals surface area contributed by atoms with Gasteiger partial charge in [0, 0.05) is 13.2 Å². The van der Waals surface area contributed by atoms with Gasteiger partial charge in [-0.2, -0.15) is 0 Å². The molecular weight excluding hydrogens is 321 g/mol. The number of hydrogen-bond acceptors (Lipinski definition) is 4. The molecule has 1 aromatic heterocycles. The Kier molecular flexibility index (Phi) is 4.08. The first-order chi connectivity index (χ1) is 9.34. The van der Waals surface area contributed by atoms with Gasteiger partial charge in [0.2, 0.25) is 0 Å². The van der Waals surface area contributed by atoms with Crippen LogP contribution in [-0.4, -0.2) is 20.4 Å². The number of halogens is 2. The molecule has 1 heterocycles. The van der Waals surface area contributed by atoms with Crippen molar-refractivity contribution in [1.29, 1.82) is 0 Å². The van der Waals surface area contributed by atoms with Crippen molar-refractivity contribution in [3.8, 4) is 0 Å². The van der Waals surface area contributed by atoms with E-state index in [1.807, 2.05) is 0 Å². The lowest BCUT2D eigenvalue weighted by molar-refractivity contribution is 0.594. The zero-order valence-electron chi connectivity index (χ0n) is 10.4. The van der Waals surface area contributed by atoms with E-state index in [0.717, 1.165) is 4.31 Å². The molecule has 0 atom stereocenters. The zero-order valence-corrected chi connectivity index (χ0v) is 12.7. The summed E-state index contributed by atoms with van der Waals surface area (Å²) in [4.78, 5) is 3.86. The maximum Gasteiger partial charge on any atom is 0.264 e. The van der Waals surface area contributed by atoms with Crippen molar-refractivity contribution in [1.82, 2.24) is 4.98 Å². The molecule has 0 spiro atoms. The molecule has 0 bridgehead atoms. The molecule has 8 heteroatoms. The fourth-order valence-electron chi connectivity index (χ4n) is 1.61. The highest BCUT2D eigenvalue weighted by Gasteiger charge is 2.23. The van der Waals surface area contributed by atoms with Crippen LogP contribution in [0.4, 0.5) is 11.4 Å². The highest BCUT2D eigenvalue weighted by Crippen LogP contribution is 2.29. The van der Waals surface area contributed by atoms with Gasteiger partial charge in [0.1, 0.15) is 0 Å². The van der Waals surface area contributed by atoms with Crippen molar-refractivity contribution in [2.75, 3.05) is 17.1 Å². The average Bonchev–Trinajstić information content (AvgIpc) is 2.41. The topological polar surface area (TPSA) is 76.3 Å². The predicted molar refractivity (Wildman–Crippen MR) is 80.7 cm³/mol. The minimum atomic E-state index is -3.77. The van der Waals surface area contributed by atoms with E-state index in [1.165, 1.54) is 43.7 Å². The molecule has 1 aromatic carbocycles. The summed E-state index contributed by atoms with van der Waals surface area (Å²) >= 11 is 11.6. The summed E-state index contributed by atoms with van der Waals surface area (Å²) < 4.78 is 26.1. The van der Waals surface area contributed by atoms with E-state index in [9.17, 15) is 8.42 Å². The van der Waals surface area contributed by atoms with Gasteiger partial charge >= 0.3 is 0 Å². The van der Waals surface area contributed by atoms with Crippen molar-refractivity contribution >= 4 is 44.6 Å². The van der Waals surface area contributed by atoms with Crippen LogP contribution in [0.15, 0.2) is 41.6 Å². The van der Waals surface area contributed by atoms with Gasteiger partial charge in [-0.15, -0.1) is 0 Å². The summed E-state index contributed by atoms with van der Waals surface area (Å²) in [7, 11) is -2.37. The summed E-state index contributed by atoms with van der Waals surface area (Å²) in [6.07, 6.45) is 2.85. The van der Waals surface area contributed by atoms with Crippen LogP contribution in [0.25, 0.3) is 0 Å². The molecule has 0 unspecified atom stereocenters. The third-order valence-electron chi connectivity index (χ3n) is 2.72. The summed E-state index contributed by atoms with van der Waals surface area (Å²) in [5.74, 6) is 0. The number of nitrogens with two attached hydrogens (primary N) is 1. The van der Waals surface area contributed by atoms with E-state index >= 15 is 0 Å². The number of anilines is 2. The Morgan fingerprint density at radius 2 is 1.90 bits per heavy atom. The summed E-state index contributed by atoms with van der Waals surface area (Å²) in [6.45, 7) is 0. The number of nitrogen functional groups attached to an aromatic ring is 1. The molecule has 2 N–H and O–H groups in total. The molecule has 2 aromatic rings. The molecular formula is C12H11Cl2N3O2S. The largest absolute Gasteiger partial charge is 0.396 e. The quantitative estimate of drug-likeness (QED) is 0.938. The predicted octanol–water partition coefficient (Wildman–Crippen LogP) is 2.80. The molecule has 0 aliphatic heterocycles. The van der Waals surface area contributed by atoms with E-state index in [4.69, 9.17) is 28.9 Å². The van der Waals surface area contributed by atoms with Gasteiger partial charge in [-0.1, -0.05) is 23.2 Å². The summed E-state index contributed by atoms with van der Waals surface area (Å²) in [5.41, 5.74) is 6.34. The van der Waals surface area contributed by atoms with Crippen LogP contribution in [0.3, 0.4) is 0 Å². The van der Waals surface area contributed by atoms with Crippen molar-refractivity contribution in [3.63, 3.8) is 0 Å². The number of sulfonamides is 1. The molecule has 0 saturated carbocycles. The Morgan fingerprint density at radius 3 is 2.50 bits per heavy atom. The van der Waals surface area contributed by atoms with Crippen LogP contribution < -0.4 is 10.0 Å². The van der Waals surface area contributed by atoms with Crippen LogP contribution in [0, 0.1) is 0 Å². The Bertz CT molecular complexity index is 750. The maximum absolute atomic E-state index is 12.5. The number of aromatic nitrogens is 1. The second kappa shape index (κ2) is 5.47. The van der Waals surface area contributed by atoms with Gasteiger partial charge in [-0.3, -0.25) is 9.29 Å². The minimum Gasteiger partial charge on any atom is -0.396 e. The van der Waals surface area contributed by atoms with Gasteiger partial charge in [0.15, 0.2) is 0 Å². The van der Waals surface area contributed by atoms with Gasteiger partial charge < -0.3 is 5.73 Å². The Balaban J connectivity index is 2.50. The first-order valence-corrected chi connectivity index (χ1v) is 7.67. The molecule has 0 amide bonds.